The molecule has 226 valence electrons. The van der Waals surface area contributed by atoms with Gasteiger partial charge in [-0.2, -0.15) is 0 Å². The van der Waals surface area contributed by atoms with Gasteiger partial charge in [0.05, 0.1) is 24.8 Å². The second-order valence-corrected chi connectivity index (χ2v) is 12.1. The molecule has 3 aromatic rings. The number of esters is 2. The van der Waals surface area contributed by atoms with Crippen molar-refractivity contribution in [1.29, 1.82) is 0 Å². The van der Waals surface area contributed by atoms with Crippen LogP contribution in [0.1, 0.15) is 64.2 Å². The third-order valence-corrected chi connectivity index (χ3v) is 7.25. The molecule has 0 N–H and O–H groups in total. The minimum absolute atomic E-state index is 0.0124. The summed E-state index contributed by atoms with van der Waals surface area (Å²) in [5, 5.41) is 0. The molecule has 43 heavy (non-hydrogen) atoms. The van der Waals surface area contributed by atoms with E-state index >= 15 is 0 Å². The Hall–Kier alpha value is -4.46. The summed E-state index contributed by atoms with van der Waals surface area (Å²) in [5.41, 5.74) is 0.0723. The van der Waals surface area contributed by atoms with Gasteiger partial charge in [-0.25, -0.2) is 9.69 Å². The molecule has 2 atom stereocenters. The molecule has 0 aromatic heterocycles. The van der Waals surface area contributed by atoms with E-state index in [2.05, 4.69) is 0 Å². The summed E-state index contributed by atoms with van der Waals surface area (Å²) in [4.78, 5) is 55.2. The van der Waals surface area contributed by atoms with Gasteiger partial charge in [0.1, 0.15) is 12.2 Å². The van der Waals surface area contributed by atoms with Crippen molar-refractivity contribution in [2.45, 2.75) is 71.3 Å². The number of rotatable bonds is 10. The number of ether oxygens (including phenoxy) is 3. The standard InChI is InChI=1S/C35H39NO7/c1-24(2)31-35(27-17-11-7-12-18-27,28-19-13-8-14-20-28)43-33(40)36(31)32(39)26(22-30(38)42-34(3,4)5)21-29(37)41-23-25-15-9-6-10-16-25/h6-20,24,26,31H,21-23H2,1-5H3/t26-,31-/m1/s1. The summed E-state index contributed by atoms with van der Waals surface area (Å²) in [6.07, 6.45) is -1.67. The van der Waals surface area contributed by atoms with Gasteiger partial charge in [0.15, 0.2) is 5.60 Å². The van der Waals surface area contributed by atoms with E-state index in [1.807, 2.05) is 105 Å². The van der Waals surface area contributed by atoms with Crippen molar-refractivity contribution < 1.29 is 33.4 Å². The van der Waals surface area contributed by atoms with E-state index in [9.17, 15) is 19.2 Å². The average Bonchev–Trinajstić information content (AvgIpc) is 3.30. The lowest BCUT2D eigenvalue weighted by Gasteiger charge is -2.38. The third-order valence-electron chi connectivity index (χ3n) is 7.25. The number of amides is 2. The van der Waals surface area contributed by atoms with Crippen LogP contribution in [0.5, 0.6) is 0 Å². The van der Waals surface area contributed by atoms with Gasteiger partial charge < -0.3 is 14.2 Å². The fourth-order valence-electron chi connectivity index (χ4n) is 5.56. The topological polar surface area (TPSA) is 99.2 Å². The van der Waals surface area contributed by atoms with Gasteiger partial charge in [0, 0.05) is 11.1 Å². The van der Waals surface area contributed by atoms with Crippen LogP contribution >= 0.6 is 0 Å². The van der Waals surface area contributed by atoms with Crippen molar-refractivity contribution in [2.24, 2.45) is 11.8 Å². The Morgan fingerprint density at radius 3 is 1.79 bits per heavy atom. The Balaban J connectivity index is 1.70. The minimum Gasteiger partial charge on any atom is -0.461 e. The molecule has 0 saturated carbocycles. The predicted molar refractivity (Wildman–Crippen MR) is 160 cm³/mol. The van der Waals surface area contributed by atoms with E-state index in [0.717, 1.165) is 10.5 Å². The van der Waals surface area contributed by atoms with Crippen LogP contribution in [0, 0.1) is 11.8 Å². The Bertz CT molecular complexity index is 1380. The summed E-state index contributed by atoms with van der Waals surface area (Å²) in [6, 6.07) is 27.0. The molecule has 1 aliphatic rings. The van der Waals surface area contributed by atoms with Crippen LogP contribution in [0.15, 0.2) is 91.0 Å². The van der Waals surface area contributed by atoms with Crippen molar-refractivity contribution in [3.63, 3.8) is 0 Å². The number of hydrogen-bond donors (Lipinski definition) is 0. The van der Waals surface area contributed by atoms with Gasteiger partial charge in [-0.1, -0.05) is 105 Å². The minimum atomic E-state index is -1.31. The average molecular weight is 586 g/mol. The van der Waals surface area contributed by atoms with Crippen LogP contribution in [0.4, 0.5) is 4.79 Å². The lowest BCUT2D eigenvalue weighted by atomic mass is 9.75. The Kier molecular flexibility index (Phi) is 9.69. The number of benzene rings is 3. The molecule has 0 radical (unpaired) electrons. The van der Waals surface area contributed by atoms with E-state index in [0.29, 0.717) is 11.1 Å². The maximum absolute atomic E-state index is 14.3. The molecule has 1 aliphatic heterocycles. The highest BCUT2D eigenvalue weighted by atomic mass is 16.6. The van der Waals surface area contributed by atoms with E-state index in [-0.39, 0.29) is 12.5 Å². The molecule has 0 bridgehead atoms. The van der Waals surface area contributed by atoms with Crippen molar-refractivity contribution in [2.75, 3.05) is 0 Å². The molecule has 0 spiro atoms. The summed E-state index contributed by atoms with van der Waals surface area (Å²) in [5.74, 6) is -3.50. The summed E-state index contributed by atoms with van der Waals surface area (Å²) in [6.45, 7) is 8.98. The zero-order valence-electron chi connectivity index (χ0n) is 25.3. The van der Waals surface area contributed by atoms with E-state index in [1.165, 1.54) is 0 Å². The highest BCUT2D eigenvalue weighted by Crippen LogP contribution is 2.48. The van der Waals surface area contributed by atoms with Crippen LogP contribution < -0.4 is 0 Å². The van der Waals surface area contributed by atoms with Crippen LogP contribution in [0.3, 0.4) is 0 Å². The van der Waals surface area contributed by atoms with Crippen molar-refractivity contribution >= 4 is 23.9 Å². The third kappa shape index (κ3) is 7.31. The van der Waals surface area contributed by atoms with Crippen molar-refractivity contribution in [3.8, 4) is 0 Å². The fraction of sp³-hybridized carbons (Fsp3) is 0.371. The van der Waals surface area contributed by atoms with E-state index in [1.54, 1.807) is 20.8 Å². The van der Waals surface area contributed by atoms with E-state index < -0.39 is 59.9 Å². The predicted octanol–water partition coefficient (Wildman–Crippen LogP) is 6.42. The number of nitrogens with zero attached hydrogens (tertiary/aromatic N) is 1. The Morgan fingerprint density at radius 2 is 1.30 bits per heavy atom. The molecule has 1 fully saturated rings. The van der Waals surface area contributed by atoms with Crippen LogP contribution in [0.2, 0.25) is 0 Å². The maximum atomic E-state index is 14.3. The monoisotopic (exact) mass is 585 g/mol. The van der Waals surface area contributed by atoms with Crippen molar-refractivity contribution in [3.05, 3.63) is 108 Å². The second-order valence-electron chi connectivity index (χ2n) is 12.1. The summed E-state index contributed by atoms with van der Waals surface area (Å²) in [7, 11) is 0. The van der Waals surface area contributed by atoms with Crippen LogP contribution in [0.25, 0.3) is 0 Å². The van der Waals surface area contributed by atoms with Gasteiger partial charge in [0.25, 0.3) is 0 Å². The number of imide groups is 1. The molecule has 2 amide bonds. The molecule has 0 unspecified atom stereocenters. The first-order valence-corrected chi connectivity index (χ1v) is 14.5. The smallest absolute Gasteiger partial charge is 0.418 e. The van der Waals surface area contributed by atoms with Gasteiger partial charge in [0.2, 0.25) is 5.91 Å². The lowest BCUT2D eigenvalue weighted by Crippen LogP contribution is -2.51. The SMILES string of the molecule is CC(C)[C@H]1N(C(=O)[C@H](CC(=O)OCc2ccccc2)CC(=O)OC(C)(C)C)C(=O)OC1(c1ccccc1)c1ccccc1. The normalized spacial score (nSPS) is 16.8. The highest BCUT2D eigenvalue weighted by Gasteiger charge is 2.60. The van der Waals surface area contributed by atoms with Gasteiger partial charge in [-0.3, -0.25) is 14.4 Å². The number of cyclic esters (lactones) is 1. The highest BCUT2D eigenvalue weighted by molar-refractivity contribution is 5.98. The van der Waals surface area contributed by atoms with Crippen molar-refractivity contribution in [1.82, 2.24) is 4.90 Å². The quantitative estimate of drug-likeness (QED) is 0.200. The molecule has 3 aromatic carbocycles. The van der Waals surface area contributed by atoms with Crippen LogP contribution in [-0.4, -0.2) is 40.5 Å². The second kappa shape index (κ2) is 13.2. The molecule has 8 heteroatoms. The molecular weight excluding hydrogens is 546 g/mol. The number of hydrogen-bond acceptors (Lipinski definition) is 7. The zero-order chi connectivity index (χ0) is 31.2. The van der Waals surface area contributed by atoms with Gasteiger partial charge >= 0.3 is 18.0 Å². The molecule has 0 aliphatic carbocycles. The number of carbonyl (C=O) groups excluding carboxylic acids is 4. The largest absolute Gasteiger partial charge is 0.461 e. The molecule has 1 heterocycles. The molecule has 8 nitrogen and oxygen atoms in total. The molecular formula is C35H39NO7. The Labute approximate surface area is 252 Å². The fourth-order valence-corrected chi connectivity index (χ4v) is 5.56. The first-order valence-electron chi connectivity index (χ1n) is 14.5. The lowest BCUT2D eigenvalue weighted by molar-refractivity contribution is -0.160. The first-order chi connectivity index (χ1) is 20.4. The Morgan fingerprint density at radius 1 is 0.814 bits per heavy atom. The van der Waals surface area contributed by atoms with Crippen LogP contribution in [-0.2, 0) is 40.8 Å². The number of carbonyl (C=O) groups is 4. The zero-order valence-corrected chi connectivity index (χ0v) is 25.3. The summed E-state index contributed by atoms with van der Waals surface area (Å²) < 4.78 is 17.2. The van der Waals surface area contributed by atoms with Gasteiger partial charge in [-0.05, 0) is 32.3 Å². The molecule has 1 saturated heterocycles. The van der Waals surface area contributed by atoms with E-state index in [4.69, 9.17) is 14.2 Å². The first kappa shape index (κ1) is 31.5. The molecule has 4 rings (SSSR count). The summed E-state index contributed by atoms with van der Waals surface area (Å²) >= 11 is 0. The maximum Gasteiger partial charge on any atom is 0.418 e. The van der Waals surface area contributed by atoms with Gasteiger partial charge in [-0.15, -0.1) is 0 Å².